The summed E-state index contributed by atoms with van der Waals surface area (Å²) in [7, 11) is 0. The number of nitro groups is 1. The molecular formula is C12H18N4O3. The quantitative estimate of drug-likeness (QED) is 0.480. The molecule has 19 heavy (non-hydrogen) atoms. The number of carbonyl (C=O) groups is 1. The number of nitro benzene ring substituents is 1. The standard InChI is InChI=1S/C12H18N4O3/c1-4-15(8(2)3)12(17)9-5-6-10(14-13)11(7-9)16(18)19/h5-8,14H,4,13H2,1-3H3. The van der Waals surface area contributed by atoms with Gasteiger partial charge >= 0.3 is 0 Å². The molecule has 1 aromatic carbocycles. The molecule has 0 spiro atoms. The van der Waals surface area contributed by atoms with E-state index in [0.717, 1.165) is 0 Å². The molecule has 0 saturated heterocycles. The van der Waals surface area contributed by atoms with E-state index in [9.17, 15) is 14.9 Å². The van der Waals surface area contributed by atoms with Crippen LogP contribution in [0, 0.1) is 10.1 Å². The Morgan fingerprint density at radius 3 is 2.58 bits per heavy atom. The SMILES string of the molecule is CCN(C(=O)c1ccc(NN)c([N+](=O)[O-])c1)C(C)C. The highest BCUT2D eigenvalue weighted by molar-refractivity contribution is 5.95. The van der Waals surface area contributed by atoms with Crippen molar-refractivity contribution in [3.8, 4) is 0 Å². The molecule has 0 aliphatic heterocycles. The van der Waals surface area contributed by atoms with Crippen LogP contribution in [0.25, 0.3) is 0 Å². The number of nitrogen functional groups attached to an aromatic ring is 1. The second kappa shape index (κ2) is 6.14. The lowest BCUT2D eigenvalue weighted by Gasteiger charge is -2.25. The first kappa shape index (κ1) is 14.9. The Hall–Kier alpha value is -2.15. The van der Waals surface area contributed by atoms with Crippen LogP contribution in [0.4, 0.5) is 11.4 Å². The average Bonchev–Trinajstić information content (AvgIpc) is 2.38. The molecule has 0 aliphatic carbocycles. The normalized spacial score (nSPS) is 10.4. The summed E-state index contributed by atoms with van der Waals surface area (Å²) in [6.07, 6.45) is 0. The van der Waals surface area contributed by atoms with Gasteiger partial charge in [-0.05, 0) is 32.9 Å². The zero-order chi connectivity index (χ0) is 14.6. The second-order valence-electron chi connectivity index (χ2n) is 4.32. The van der Waals surface area contributed by atoms with Crippen molar-refractivity contribution < 1.29 is 9.72 Å². The Kier molecular flexibility index (Phi) is 4.82. The minimum Gasteiger partial charge on any atom is -0.336 e. The maximum atomic E-state index is 12.2. The molecule has 1 aromatic rings. The minimum absolute atomic E-state index is 0.0314. The van der Waals surface area contributed by atoms with Gasteiger partial charge in [0.15, 0.2) is 0 Å². The third-order valence-electron chi connectivity index (χ3n) is 2.82. The van der Waals surface area contributed by atoms with E-state index in [-0.39, 0.29) is 28.9 Å². The number of benzene rings is 1. The molecule has 0 heterocycles. The van der Waals surface area contributed by atoms with Gasteiger partial charge in [0, 0.05) is 24.2 Å². The predicted molar refractivity (Wildman–Crippen MR) is 72.8 cm³/mol. The number of rotatable bonds is 5. The van der Waals surface area contributed by atoms with E-state index in [1.54, 1.807) is 4.90 Å². The van der Waals surface area contributed by atoms with Gasteiger partial charge in [-0.2, -0.15) is 0 Å². The number of hydrogen-bond donors (Lipinski definition) is 2. The van der Waals surface area contributed by atoms with Crippen LogP contribution in [-0.2, 0) is 0 Å². The Labute approximate surface area is 111 Å². The number of anilines is 1. The number of carbonyl (C=O) groups excluding carboxylic acids is 1. The van der Waals surface area contributed by atoms with E-state index < -0.39 is 4.92 Å². The van der Waals surface area contributed by atoms with Crippen LogP contribution in [0.2, 0.25) is 0 Å². The third-order valence-corrected chi connectivity index (χ3v) is 2.82. The molecule has 7 nitrogen and oxygen atoms in total. The second-order valence-corrected chi connectivity index (χ2v) is 4.32. The number of amides is 1. The number of nitrogens with zero attached hydrogens (tertiary/aromatic N) is 2. The fourth-order valence-electron chi connectivity index (χ4n) is 1.85. The molecule has 1 rings (SSSR count). The molecule has 3 N–H and O–H groups in total. The molecule has 0 saturated carbocycles. The molecule has 0 radical (unpaired) electrons. The zero-order valence-corrected chi connectivity index (χ0v) is 11.2. The minimum atomic E-state index is -0.572. The van der Waals surface area contributed by atoms with Crippen molar-refractivity contribution in [1.29, 1.82) is 0 Å². The lowest BCUT2D eigenvalue weighted by Crippen LogP contribution is -2.36. The van der Waals surface area contributed by atoms with Crippen LogP contribution in [0.1, 0.15) is 31.1 Å². The van der Waals surface area contributed by atoms with Gasteiger partial charge in [0.05, 0.1) is 4.92 Å². The van der Waals surface area contributed by atoms with Crippen molar-refractivity contribution in [2.75, 3.05) is 12.0 Å². The number of nitrogens with one attached hydrogen (secondary N) is 1. The van der Waals surface area contributed by atoms with E-state index in [2.05, 4.69) is 5.43 Å². The summed E-state index contributed by atoms with van der Waals surface area (Å²) in [5.74, 6) is 4.97. The largest absolute Gasteiger partial charge is 0.336 e. The van der Waals surface area contributed by atoms with Crippen LogP contribution >= 0.6 is 0 Å². The summed E-state index contributed by atoms with van der Waals surface area (Å²) in [6, 6.07) is 4.22. The first-order chi connectivity index (χ1) is 8.92. The molecule has 0 aromatic heterocycles. The average molecular weight is 266 g/mol. The Morgan fingerprint density at radius 2 is 2.16 bits per heavy atom. The first-order valence-electron chi connectivity index (χ1n) is 5.98. The van der Waals surface area contributed by atoms with Gasteiger partial charge < -0.3 is 10.3 Å². The molecule has 0 aliphatic rings. The molecular weight excluding hydrogens is 248 g/mol. The van der Waals surface area contributed by atoms with Crippen molar-refractivity contribution in [3.63, 3.8) is 0 Å². The van der Waals surface area contributed by atoms with Gasteiger partial charge in [-0.1, -0.05) is 0 Å². The Morgan fingerprint density at radius 1 is 1.53 bits per heavy atom. The van der Waals surface area contributed by atoms with Crippen LogP contribution in [0.5, 0.6) is 0 Å². The Bertz CT molecular complexity index is 488. The summed E-state index contributed by atoms with van der Waals surface area (Å²) >= 11 is 0. The van der Waals surface area contributed by atoms with Crippen LogP contribution in [0.15, 0.2) is 18.2 Å². The molecule has 0 unspecified atom stereocenters. The lowest BCUT2D eigenvalue weighted by atomic mass is 10.1. The van der Waals surface area contributed by atoms with E-state index in [4.69, 9.17) is 5.84 Å². The molecule has 0 bridgehead atoms. The van der Waals surface area contributed by atoms with Crippen molar-refractivity contribution in [2.24, 2.45) is 5.84 Å². The van der Waals surface area contributed by atoms with E-state index in [1.807, 2.05) is 20.8 Å². The fourth-order valence-corrected chi connectivity index (χ4v) is 1.85. The van der Waals surface area contributed by atoms with Crippen LogP contribution < -0.4 is 11.3 Å². The molecule has 0 atom stereocenters. The highest BCUT2D eigenvalue weighted by Crippen LogP contribution is 2.25. The van der Waals surface area contributed by atoms with E-state index >= 15 is 0 Å². The molecule has 104 valence electrons. The predicted octanol–water partition coefficient (Wildman–Crippen LogP) is 1.75. The van der Waals surface area contributed by atoms with Gasteiger partial charge in [0.2, 0.25) is 0 Å². The number of hydrogen-bond acceptors (Lipinski definition) is 5. The lowest BCUT2D eigenvalue weighted by molar-refractivity contribution is -0.384. The zero-order valence-electron chi connectivity index (χ0n) is 11.2. The van der Waals surface area contributed by atoms with Crippen LogP contribution in [-0.4, -0.2) is 28.3 Å². The van der Waals surface area contributed by atoms with E-state index in [1.165, 1.54) is 18.2 Å². The molecule has 1 amide bonds. The van der Waals surface area contributed by atoms with Crippen molar-refractivity contribution in [3.05, 3.63) is 33.9 Å². The van der Waals surface area contributed by atoms with E-state index in [0.29, 0.717) is 6.54 Å². The van der Waals surface area contributed by atoms with Crippen molar-refractivity contribution in [1.82, 2.24) is 4.90 Å². The summed E-state index contributed by atoms with van der Waals surface area (Å²) in [5.41, 5.74) is 2.48. The smallest absolute Gasteiger partial charge is 0.294 e. The van der Waals surface area contributed by atoms with Gasteiger partial charge in [0.25, 0.3) is 11.6 Å². The van der Waals surface area contributed by atoms with Gasteiger partial charge in [0.1, 0.15) is 5.69 Å². The number of hydrazine groups is 1. The monoisotopic (exact) mass is 266 g/mol. The first-order valence-corrected chi connectivity index (χ1v) is 5.98. The third kappa shape index (κ3) is 3.19. The van der Waals surface area contributed by atoms with Gasteiger partial charge in [-0.15, -0.1) is 0 Å². The maximum Gasteiger partial charge on any atom is 0.294 e. The molecule has 0 fully saturated rings. The van der Waals surface area contributed by atoms with Crippen molar-refractivity contribution >= 4 is 17.3 Å². The van der Waals surface area contributed by atoms with Gasteiger partial charge in [-0.3, -0.25) is 20.8 Å². The Balaban J connectivity index is 3.18. The van der Waals surface area contributed by atoms with Gasteiger partial charge in [-0.25, -0.2) is 0 Å². The van der Waals surface area contributed by atoms with Crippen LogP contribution in [0.3, 0.4) is 0 Å². The summed E-state index contributed by atoms with van der Waals surface area (Å²) in [5, 5.41) is 10.9. The van der Waals surface area contributed by atoms with Crippen molar-refractivity contribution in [2.45, 2.75) is 26.8 Å². The summed E-state index contributed by atoms with van der Waals surface area (Å²) in [4.78, 5) is 24.2. The number of nitrogens with two attached hydrogens (primary N) is 1. The summed E-state index contributed by atoms with van der Waals surface area (Å²) < 4.78 is 0. The molecule has 7 heteroatoms. The maximum absolute atomic E-state index is 12.2. The topological polar surface area (TPSA) is 102 Å². The highest BCUT2D eigenvalue weighted by Gasteiger charge is 2.21. The highest BCUT2D eigenvalue weighted by atomic mass is 16.6. The summed E-state index contributed by atoms with van der Waals surface area (Å²) in [6.45, 7) is 6.19. The fraction of sp³-hybridized carbons (Fsp3) is 0.417.